The summed E-state index contributed by atoms with van der Waals surface area (Å²) >= 11 is 0. The van der Waals surface area contributed by atoms with Crippen LogP contribution in [0.3, 0.4) is 0 Å². The van der Waals surface area contributed by atoms with E-state index in [4.69, 9.17) is 9.47 Å². The van der Waals surface area contributed by atoms with Gasteiger partial charge in [-0.1, -0.05) is 6.42 Å². The fourth-order valence-electron chi connectivity index (χ4n) is 6.74. The van der Waals surface area contributed by atoms with E-state index < -0.39 is 6.04 Å². The third-order valence-corrected chi connectivity index (χ3v) is 8.79. The van der Waals surface area contributed by atoms with E-state index in [1.807, 2.05) is 18.2 Å². The van der Waals surface area contributed by atoms with Crippen molar-refractivity contribution in [1.82, 2.24) is 15.1 Å². The maximum absolute atomic E-state index is 13.0. The van der Waals surface area contributed by atoms with E-state index in [1.54, 1.807) is 4.90 Å². The number of hydrogen-bond donors (Lipinski definition) is 1. The van der Waals surface area contributed by atoms with Gasteiger partial charge in [-0.05, 0) is 74.1 Å². The highest BCUT2D eigenvalue weighted by Gasteiger charge is 2.42. The Morgan fingerprint density at radius 3 is 2.54 bits per heavy atom. The molecule has 6 rings (SSSR count). The minimum absolute atomic E-state index is 0.142. The van der Waals surface area contributed by atoms with E-state index in [-0.39, 0.29) is 30.2 Å². The summed E-state index contributed by atoms with van der Waals surface area (Å²) in [5, 5.41) is 2.36. The van der Waals surface area contributed by atoms with Crippen LogP contribution >= 0.6 is 0 Å². The highest BCUT2D eigenvalue weighted by Crippen LogP contribution is 2.37. The molecule has 3 atom stereocenters. The molecule has 0 radical (unpaired) electrons. The molecule has 1 aliphatic carbocycles. The topological polar surface area (TPSA) is 88.2 Å². The Kier molecular flexibility index (Phi) is 6.26. The third kappa shape index (κ3) is 4.47. The van der Waals surface area contributed by atoms with Crippen LogP contribution in [0.15, 0.2) is 18.2 Å². The van der Waals surface area contributed by atoms with Crippen molar-refractivity contribution < 1.29 is 23.9 Å². The number of carbonyl (C=O) groups is 3. The Hall–Kier alpha value is -2.45. The minimum Gasteiger partial charge on any atom is -0.489 e. The number of benzene rings is 1. The van der Waals surface area contributed by atoms with E-state index in [0.717, 1.165) is 42.8 Å². The van der Waals surface area contributed by atoms with Gasteiger partial charge >= 0.3 is 0 Å². The Morgan fingerprint density at radius 2 is 1.74 bits per heavy atom. The number of hydrogen-bond acceptors (Lipinski definition) is 6. The van der Waals surface area contributed by atoms with E-state index in [0.29, 0.717) is 24.6 Å². The molecule has 1 saturated carbocycles. The van der Waals surface area contributed by atoms with Crippen molar-refractivity contribution in [3.63, 3.8) is 0 Å². The molecule has 4 aliphatic heterocycles. The van der Waals surface area contributed by atoms with Crippen molar-refractivity contribution in [1.29, 1.82) is 0 Å². The molecule has 8 nitrogen and oxygen atoms in total. The molecule has 0 bridgehead atoms. The molecule has 4 fully saturated rings. The lowest BCUT2D eigenvalue weighted by Crippen LogP contribution is -2.59. The van der Waals surface area contributed by atoms with E-state index >= 15 is 0 Å². The number of rotatable bonds is 5. The Bertz CT molecular complexity index is 1000. The summed E-state index contributed by atoms with van der Waals surface area (Å²) < 4.78 is 12.1. The summed E-state index contributed by atoms with van der Waals surface area (Å²) in [5.74, 6) is 1.62. The molecule has 1 aromatic carbocycles. The maximum Gasteiger partial charge on any atom is 0.255 e. The van der Waals surface area contributed by atoms with Gasteiger partial charge in [-0.15, -0.1) is 0 Å². The lowest BCUT2D eigenvalue weighted by Gasteiger charge is -2.51. The van der Waals surface area contributed by atoms with Gasteiger partial charge in [0, 0.05) is 50.9 Å². The molecule has 3 saturated heterocycles. The number of nitrogens with zero attached hydrogens (tertiary/aromatic N) is 2. The zero-order chi connectivity index (χ0) is 23.9. The summed E-state index contributed by atoms with van der Waals surface area (Å²) in [4.78, 5) is 41.0. The van der Waals surface area contributed by atoms with Gasteiger partial charge in [0.05, 0.1) is 0 Å². The van der Waals surface area contributed by atoms with Gasteiger partial charge in [-0.2, -0.15) is 0 Å². The van der Waals surface area contributed by atoms with Gasteiger partial charge in [-0.3, -0.25) is 24.6 Å². The quantitative estimate of drug-likeness (QED) is 0.651. The smallest absolute Gasteiger partial charge is 0.255 e. The number of fused-ring (bicyclic) bond motifs is 1. The van der Waals surface area contributed by atoms with Crippen LogP contribution in [0.5, 0.6) is 5.75 Å². The van der Waals surface area contributed by atoms with Crippen LogP contribution < -0.4 is 10.1 Å². The number of likely N-dealkylation sites (tertiary alicyclic amines) is 1. The summed E-state index contributed by atoms with van der Waals surface area (Å²) in [5.41, 5.74) is 1.53. The highest BCUT2D eigenvalue weighted by molar-refractivity contribution is 6.05. The first-order valence-corrected chi connectivity index (χ1v) is 13.3. The van der Waals surface area contributed by atoms with E-state index in [9.17, 15) is 14.4 Å². The Morgan fingerprint density at radius 1 is 0.943 bits per heavy atom. The number of carbonyl (C=O) groups excluding carboxylic acids is 3. The van der Waals surface area contributed by atoms with Crippen molar-refractivity contribution in [2.75, 3.05) is 26.3 Å². The number of ether oxygens (including phenoxy) is 2. The largest absolute Gasteiger partial charge is 0.489 e. The summed E-state index contributed by atoms with van der Waals surface area (Å²) in [7, 11) is 0. The molecule has 8 heteroatoms. The minimum atomic E-state index is -0.588. The van der Waals surface area contributed by atoms with Crippen LogP contribution in [0.4, 0.5) is 0 Å². The standard InChI is InChI=1S/C27H35N3O5/c31-25-8-7-23(26(32)28-25)30-16-18-13-20(5-6-21(18)27(30)33)35-24-4-2-1-3-22(24)29-14-19(15-29)17-9-11-34-12-10-17/h5-6,13,17,19,22-24H,1-4,7-12,14-16H2,(H,28,31,32)/t22-,23?,24?/m1/s1. The second-order valence-electron chi connectivity index (χ2n) is 10.9. The maximum atomic E-state index is 13.0. The molecule has 188 valence electrons. The van der Waals surface area contributed by atoms with Crippen LogP contribution in [0.25, 0.3) is 0 Å². The first-order valence-electron chi connectivity index (χ1n) is 13.3. The predicted octanol–water partition coefficient (Wildman–Crippen LogP) is 2.50. The molecule has 3 amide bonds. The highest BCUT2D eigenvalue weighted by atomic mass is 16.5. The summed E-state index contributed by atoms with van der Waals surface area (Å²) in [6, 6.07) is 5.58. The lowest BCUT2D eigenvalue weighted by atomic mass is 9.78. The number of piperidine rings is 1. The predicted molar refractivity (Wildman–Crippen MR) is 128 cm³/mol. The summed E-state index contributed by atoms with van der Waals surface area (Å²) in [6.45, 7) is 4.56. The van der Waals surface area contributed by atoms with E-state index in [2.05, 4.69) is 10.2 Å². The van der Waals surface area contributed by atoms with Crippen LogP contribution in [-0.2, 0) is 20.9 Å². The Balaban J connectivity index is 1.10. The zero-order valence-corrected chi connectivity index (χ0v) is 20.2. The second-order valence-corrected chi connectivity index (χ2v) is 10.9. The summed E-state index contributed by atoms with van der Waals surface area (Å²) in [6.07, 6.45) is 7.88. The molecule has 4 heterocycles. The van der Waals surface area contributed by atoms with Crippen LogP contribution in [0.1, 0.15) is 67.3 Å². The average Bonchev–Trinajstić information content (AvgIpc) is 3.15. The fraction of sp³-hybridized carbons (Fsp3) is 0.667. The fourth-order valence-corrected chi connectivity index (χ4v) is 6.74. The Labute approximate surface area is 206 Å². The SMILES string of the molecule is O=C1CCC(N2Cc3cc(OC4CCCC[C@H]4N4CC(C5CCOCC5)C4)ccc3C2=O)C(=O)N1. The van der Waals surface area contributed by atoms with Gasteiger partial charge in [0.1, 0.15) is 17.9 Å². The number of imide groups is 1. The molecule has 1 N–H and O–H groups in total. The van der Waals surface area contributed by atoms with Gasteiger partial charge in [0.25, 0.3) is 5.91 Å². The van der Waals surface area contributed by atoms with Crippen molar-refractivity contribution in [3.05, 3.63) is 29.3 Å². The van der Waals surface area contributed by atoms with Gasteiger partial charge < -0.3 is 14.4 Å². The molecule has 1 aromatic rings. The lowest BCUT2D eigenvalue weighted by molar-refractivity contribution is -0.136. The number of nitrogens with one attached hydrogen (secondary N) is 1. The van der Waals surface area contributed by atoms with Gasteiger partial charge in [0.2, 0.25) is 11.8 Å². The van der Waals surface area contributed by atoms with Crippen molar-refractivity contribution in [2.45, 2.75) is 76.1 Å². The molecule has 2 unspecified atom stereocenters. The van der Waals surface area contributed by atoms with Gasteiger partial charge in [0.15, 0.2) is 0 Å². The normalized spacial score (nSPS) is 30.7. The monoisotopic (exact) mass is 481 g/mol. The molecule has 0 aromatic heterocycles. The third-order valence-electron chi connectivity index (χ3n) is 8.79. The number of amides is 3. The first kappa shape index (κ1) is 23.0. The van der Waals surface area contributed by atoms with Crippen LogP contribution in [0, 0.1) is 11.8 Å². The van der Waals surface area contributed by atoms with Crippen LogP contribution in [0.2, 0.25) is 0 Å². The zero-order valence-electron chi connectivity index (χ0n) is 20.2. The van der Waals surface area contributed by atoms with Crippen LogP contribution in [-0.4, -0.2) is 72.0 Å². The first-order chi connectivity index (χ1) is 17.1. The molecular weight excluding hydrogens is 446 g/mol. The molecule has 35 heavy (non-hydrogen) atoms. The molecule has 0 spiro atoms. The van der Waals surface area contributed by atoms with Gasteiger partial charge in [-0.25, -0.2) is 0 Å². The van der Waals surface area contributed by atoms with Crippen molar-refractivity contribution >= 4 is 17.7 Å². The average molecular weight is 482 g/mol. The molecule has 5 aliphatic rings. The van der Waals surface area contributed by atoms with Crippen molar-refractivity contribution in [3.8, 4) is 5.75 Å². The van der Waals surface area contributed by atoms with E-state index in [1.165, 1.54) is 45.2 Å². The van der Waals surface area contributed by atoms with Crippen molar-refractivity contribution in [2.24, 2.45) is 11.8 Å². The second kappa shape index (κ2) is 9.54. The molecular formula is C27H35N3O5.